The van der Waals surface area contributed by atoms with Crippen LogP contribution in [0.25, 0.3) is 0 Å². The Balaban J connectivity index is 2.26. The summed E-state index contributed by atoms with van der Waals surface area (Å²) in [7, 11) is 2.64. The molecule has 69 valence electrons. The van der Waals surface area contributed by atoms with Crippen molar-refractivity contribution >= 4 is 13.4 Å². The fraction of sp³-hybridized carbons (Fsp3) is 0.625. The SMILES string of the molecule is COC1=NCNC(C2CC2)=C1[B]O. The van der Waals surface area contributed by atoms with Crippen molar-refractivity contribution < 1.29 is 9.76 Å². The van der Waals surface area contributed by atoms with Crippen molar-refractivity contribution in [2.24, 2.45) is 10.9 Å². The van der Waals surface area contributed by atoms with E-state index in [1.165, 1.54) is 12.8 Å². The first kappa shape index (κ1) is 8.63. The summed E-state index contributed by atoms with van der Waals surface area (Å²) in [5.41, 5.74) is 1.78. The second-order valence-electron chi connectivity index (χ2n) is 3.23. The zero-order valence-electron chi connectivity index (χ0n) is 7.58. The summed E-state index contributed by atoms with van der Waals surface area (Å²) in [4.78, 5) is 4.09. The molecule has 13 heavy (non-hydrogen) atoms. The van der Waals surface area contributed by atoms with E-state index in [0.717, 1.165) is 13.2 Å². The molecule has 0 saturated heterocycles. The average Bonchev–Trinajstić information content (AvgIpc) is 2.99. The lowest BCUT2D eigenvalue weighted by Gasteiger charge is -2.19. The molecule has 2 aliphatic rings. The van der Waals surface area contributed by atoms with Gasteiger partial charge in [0.1, 0.15) is 6.67 Å². The summed E-state index contributed by atoms with van der Waals surface area (Å²) in [6.45, 7) is 0.548. The van der Waals surface area contributed by atoms with E-state index in [9.17, 15) is 0 Å². The lowest BCUT2D eigenvalue weighted by atomic mass is 9.84. The van der Waals surface area contributed by atoms with Gasteiger partial charge in [-0.05, 0) is 18.8 Å². The van der Waals surface area contributed by atoms with Crippen molar-refractivity contribution in [3.8, 4) is 0 Å². The van der Waals surface area contributed by atoms with Gasteiger partial charge in [-0.3, -0.25) is 0 Å². The van der Waals surface area contributed by atoms with Gasteiger partial charge in [0.05, 0.1) is 7.11 Å². The van der Waals surface area contributed by atoms with E-state index in [0.29, 0.717) is 24.0 Å². The Hall–Kier alpha value is -0.965. The second-order valence-corrected chi connectivity index (χ2v) is 3.23. The zero-order valence-corrected chi connectivity index (χ0v) is 7.58. The van der Waals surface area contributed by atoms with Crippen molar-refractivity contribution in [3.05, 3.63) is 11.2 Å². The van der Waals surface area contributed by atoms with Crippen LogP contribution in [0.4, 0.5) is 0 Å². The van der Waals surface area contributed by atoms with E-state index in [-0.39, 0.29) is 0 Å². The highest BCUT2D eigenvalue weighted by molar-refractivity contribution is 6.47. The fourth-order valence-electron chi connectivity index (χ4n) is 1.53. The van der Waals surface area contributed by atoms with Gasteiger partial charge in [0, 0.05) is 11.2 Å². The van der Waals surface area contributed by atoms with Crippen LogP contribution in [0.3, 0.4) is 0 Å². The Morgan fingerprint density at radius 1 is 1.62 bits per heavy atom. The lowest BCUT2D eigenvalue weighted by molar-refractivity contribution is 0.398. The van der Waals surface area contributed by atoms with Crippen LogP contribution < -0.4 is 5.32 Å². The molecular weight excluding hydrogens is 167 g/mol. The molecule has 0 spiro atoms. The van der Waals surface area contributed by atoms with Crippen LogP contribution in [0.15, 0.2) is 16.2 Å². The van der Waals surface area contributed by atoms with E-state index in [1.54, 1.807) is 7.11 Å². The predicted molar refractivity (Wildman–Crippen MR) is 50.2 cm³/mol. The summed E-state index contributed by atoms with van der Waals surface area (Å²) in [5, 5.41) is 12.2. The average molecular weight is 179 g/mol. The quantitative estimate of drug-likeness (QED) is 0.578. The Bertz CT molecular complexity index is 271. The Morgan fingerprint density at radius 2 is 2.38 bits per heavy atom. The van der Waals surface area contributed by atoms with Crippen LogP contribution in [0, 0.1) is 5.92 Å². The number of rotatable bonds is 2. The van der Waals surface area contributed by atoms with Gasteiger partial charge in [-0.1, -0.05) is 0 Å². The van der Waals surface area contributed by atoms with Crippen molar-refractivity contribution in [3.63, 3.8) is 0 Å². The predicted octanol–water partition coefficient (Wildman–Crippen LogP) is -0.175. The molecular formula is C8H12BN2O2. The molecule has 4 nitrogen and oxygen atoms in total. The standard InChI is InChI=1S/C8H12BN2O2/c1-13-8-6(9-12)7(5-2-3-5)10-4-11-8/h5,10,12H,2-4H2,1H3. The number of methoxy groups -OCH3 is 1. The maximum absolute atomic E-state index is 9.06. The van der Waals surface area contributed by atoms with Gasteiger partial charge >= 0.3 is 7.48 Å². The van der Waals surface area contributed by atoms with E-state index in [1.807, 2.05) is 0 Å². The maximum Gasteiger partial charge on any atom is 0.334 e. The summed E-state index contributed by atoms with van der Waals surface area (Å²) >= 11 is 0. The summed E-state index contributed by atoms with van der Waals surface area (Å²) < 4.78 is 5.06. The van der Waals surface area contributed by atoms with Gasteiger partial charge in [0.15, 0.2) is 0 Å². The van der Waals surface area contributed by atoms with Crippen molar-refractivity contribution in [2.45, 2.75) is 12.8 Å². The van der Waals surface area contributed by atoms with Gasteiger partial charge in [-0.25, -0.2) is 4.99 Å². The van der Waals surface area contributed by atoms with Gasteiger partial charge in [-0.2, -0.15) is 0 Å². The zero-order chi connectivity index (χ0) is 9.26. The number of hydrogen-bond acceptors (Lipinski definition) is 4. The highest BCUT2D eigenvalue weighted by atomic mass is 16.5. The fourth-order valence-corrected chi connectivity index (χ4v) is 1.53. The normalized spacial score (nSPS) is 22.2. The van der Waals surface area contributed by atoms with E-state index in [2.05, 4.69) is 10.3 Å². The van der Waals surface area contributed by atoms with Crippen LogP contribution in [0.5, 0.6) is 0 Å². The minimum absolute atomic E-state index is 0.531. The van der Waals surface area contributed by atoms with Gasteiger partial charge in [0.25, 0.3) is 0 Å². The number of aliphatic imine (C=N–C) groups is 1. The Kier molecular flexibility index (Phi) is 2.27. The largest absolute Gasteiger partial charge is 0.481 e. The molecule has 0 atom stereocenters. The minimum atomic E-state index is 0.531. The topological polar surface area (TPSA) is 53.8 Å². The van der Waals surface area contributed by atoms with Crippen LogP contribution in [-0.4, -0.2) is 32.2 Å². The minimum Gasteiger partial charge on any atom is -0.481 e. The van der Waals surface area contributed by atoms with Gasteiger partial charge < -0.3 is 15.1 Å². The molecule has 1 radical (unpaired) electrons. The first-order chi connectivity index (χ1) is 6.36. The van der Waals surface area contributed by atoms with Crippen LogP contribution in [-0.2, 0) is 4.74 Å². The smallest absolute Gasteiger partial charge is 0.334 e. The Labute approximate surface area is 78.0 Å². The molecule has 1 aliphatic carbocycles. The first-order valence-electron chi connectivity index (χ1n) is 4.41. The number of hydrogen-bond donors (Lipinski definition) is 2. The monoisotopic (exact) mass is 179 g/mol. The van der Waals surface area contributed by atoms with Crippen LogP contribution in [0.1, 0.15) is 12.8 Å². The molecule has 0 aromatic heterocycles. The molecule has 5 heteroatoms. The highest BCUT2D eigenvalue weighted by Crippen LogP contribution is 2.37. The summed E-state index contributed by atoms with van der Waals surface area (Å²) in [6.07, 6.45) is 2.38. The third kappa shape index (κ3) is 1.56. The molecule has 0 unspecified atom stereocenters. The molecule has 1 heterocycles. The van der Waals surface area contributed by atoms with E-state index < -0.39 is 0 Å². The molecule has 2 rings (SSSR count). The molecule has 0 bridgehead atoms. The lowest BCUT2D eigenvalue weighted by Crippen LogP contribution is -2.29. The number of ether oxygens (including phenoxy) is 1. The van der Waals surface area contributed by atoms with Crippen LogP contribution >= 0.6 is 0 Å². The van der Waals surface area contributed by atoms with Gasteiger partial charge in [0.2, 0.25) is 5.90 Å². The summed E-state index contributed by atoms with van der Waals surface area (Å²) in [5.74, 6) is 1.10. The van der Waals surface area contributed by atoms with Crippen LogP contribution in [0.2, 0.25) is 0 Å². The number of allylic oxidation sites excluding steroid dienone is 1. The molecule has 0 amide bonds. The third-order valence-electron chi connectivity index (χ3n) is 2.32. The molecule has 0 aromatic rings. The second kappa shape index (κ2) is 3.42. The molecule has 1 fully saturated rings. The van der Waals surface area contributed by atoms with Crippen molar-refractivity contribution in [2.75, 3.05) is 13.8 Å². The molecule has 1 aliphatic heterocycles. The Morgan fingerprint density at radius 3 is 2.92 bits per heavy atom. The molecule has 0 aromatic carbocycles. The van der Waals surface area contributed by atoms with E-state index >= 15 is 0 Å². The van der Waals surface area contributed by atoms with E-state index in [4.69, 9.17) is 9.76 Å². The maximum atomic E-state index is 9.06. The highest BCUT2D eigenvalue weighted by Gasteiger charge is 2.31. The molecule has 1 saturated carbocycles. The summed E-state index contributed by atoms with van der Waals surface area (Å²) in [6, 6.07) is 0. The molecule has 2 N–H and O–H groups in total. The number of nitrogens with one attached hydrogen (secondary N) is 1. The van der Waals surface area contributed by atoms with Crippen molar-refractivity contribution in [1.29, 1.82) is 0 Å². The van der Waals surface area contributed by atoms with Crippen molar-refractivity contribution in [1.82, 2.24) is 5.32 Å². The van der Waals surface area contributed by atoms with Gasteiger partial charge in [-0.15, -0.1) is 0 Å². The first-order valence-corrected chi connectivity index (χ1v) is 4.41. The third-order valence-corrected chi connectivity index (χ3v) is 2.32. The number of nitrogens with zero attached hydrogens (tertiary/aromatic N) is 1.